The summed E-state index contributed by atoms with van der Waals surface area (Å²) in [6, 6.07) is -0.777. The van der Waals surface area contributed by atoms with E-state index in [0.29, 0.717) is 12.7 Å². The minimum atomic E-state index is -1.53. The molecule has 0 aromatic rings. The SMILES string of the molecule is CCC(=O)O[C@H]1[C@H](O[C@H]2C(CC=O)C[C@@H](C)[C@@H](O)/C=C\C=C\C[C@@H](C)OC(=O)CC(OC(C)=O)[C@@H]2OC)O[C@H](C)[C@@H](O[C@H]2C[C@@](C)(O)[C@@H](OC(=O)CC(C)C)[C@H](C)O2)[C@@H]1N(C)C. The van der Waals surface area contributed by atoms with Crippen molar-refractivity contribution in [2.24, 2.45) is 17.8 Å². The van der Waals surface area contributed by atoms with E-state index in [1.165, 1.54) is 14.0 Å². The molecule has 0 saturated carbocycles. The highest BCUT2D eigenvalue weighted by Gasteiger charge is 2.54. The Kier molecular flexibility index (Phi) is 21.1. The maximum atomic E-state index is 13.4. The molecule has 354 valence electrons. The van der Waals surface area contributed by atoms with Gasteiger partial charge in [-0.2, -0.15) is 0 Å². The number of allylic oxidation sites excluding steroid dienone is 2. The second kappa shape index (κ2) is 24.7. The monoisotopic (exact) mass is 883 g/mol. The number of cyclic esters (lactones) is 1. The summed E-state index contributed by atoms with van der Waals surface area (Å²) < 4.78 is 55.5. The number of hydrogen-bond acceptors (Lipinski definition) is 17. The summed E-state index contributed by atoms with van der Waals surface area (Å²) >= 11 is 0. The lowest BCUT2D eigenvalue weighted by Crippen LogP contribution is -2.66. The Morgan fingerprint density at radius 1 is 0.968 bits per heavy atom. The number of carbonyl (C=O) groups excluding carboxylic acids is 5. The summed E-state index contributed by atoms with van der Waals surface area (Å²) in [5, 5.41) is 22.8. The second-order valence-corrected chi connectivity index (χ2v) is 17.8. The van der Waals surface area contributed by atoms with Gasteiger partial charge in [-0.3, -0.25) is 19.2 Å². The number of likely N-dealkylation sites (N-methyl/N-ethyl adjacent to an activating group) is 1. The van der Waals surface area contributed by atoms with Crippen molar-refractivity contribution in [1.82, 2.24) is 4.90 Å². The van der Waals surface area contributed by atoms with Crippen LogP contribution in [0.1, 0.15) is 107 Å². The normalized spacial score (nSPS) is 38.7. The molecule has 0 aromatic heterocycles. The number of aliphatic hydroxyl groups excluding tert-OH is 1. The van der Waals surface area contributed by atoms with Gasteiger partial charge >= 0.3 is 23.9 Å². The fourth-order valence-electron chi connectivity index (χ4n) is 8.41. The van der Waals surface area contributed by atoms with Gasteiger partial charge < -0.3 is 62.5 Å². The van der Waals surface area contributed by atoms with Crippen molar-refractivity contribution >= 4 is 30.2 Å². The van der Waals surface area contributed by atoms with Gasteiger partial charge in [0.15, 0.2) is 24.8 Å². The third-order valence-electron chi connectivity index (χ3n) is 11.4. The van der Waals surface area contributed by atoms with Crippen LogP contribution in [0, 0.1) is 17.8 Å². The van der Waals surface area contributed by atoms with Crippen LogP contribution in [0.3, 0.4) is 0 Å². The molecular weight excluding hydrogens is 810 g/mol. The second-order valence-electron chi connectivity index (χ2n) is 17.8. The van der Waals surface area contributed by atoms with Crippen molar-refractivity contribution in [3.8, 4) is 0 Å². The number of carbonyl (C=O) groups is 5. The quantitative estimate of drug-likeness (QED) is 0.144. The van der Waals surface area contributed by atoms with E-state index < -0.39 is 127 Å². The summed E-state index contributed by atoms with van der Waals surface area (Å²) in [4.78, 5) is 66.1. The minimum Gasteiger partial charge on any atom is -0.462 e. The molecule has 2 fully saturated rings. The summed E-state index contributed by atoms with van der Waals surface area (Å²) in [5.74, 6) is -3.52. The van der Waals surface area contributed by atoms with Crippen LogP contribution >= 0.6 is 0 Å². The average molecular weight is 884 g/mol. The number of rotatable bonds is 14. The molecule has 2 unspecified atom stereocenters. The predicted octanol–water partition coefficient (Wildman–Crippen LogP) is 3.97. The molecule has 0 aliphatic carbocycles. The third-order valence-corrected chi connectivity index (χ3v) is 11.4. The first-order valence-corrected chi connectivity index (χ1v) is 21.9. The molecule has 17 heteroatoms. The van der Waals surface area contributed by atoms with E-state index in [1.54, 1.807) is 77.9 Å². The van der Waals surface area contributed by atoms with Gasteiger partial charge in [0, 0.05) is 46.1 Å². The molecule has 0 radical (unpaired) electrons. The Labute approximate surface area is 367 Å². The molecule has 2 saturated heterocycles. The Hall–Kier alpha value is -3.29. The molecule has 0 bridgehead atoms. The van der Waals surface area contributed by atoms with Gasteiger partial charge in [0.05, 0.1) is 36.9 Å². The van der Waals surface area contributed by atoms with Crippen molar-refractivity contribution in [2.75, 3.05) is 21.2 Å². The largest absolute Gasteiger partial charge is 0.462 e. The van der Waals surface area contributed by atoms with E-state index >= 15 is 0 Å². The number of nitrogens with zero attached hydrogens (tertiary/aromatic N) is 1. The Balaban J connectivity index is 2.10. The van der Waals surface area contributed by atoms with Crippen molar-refractivity contribution in [2.45, 2.75) is 193 Å². The molecule has 2 N–H and O–H groups in total. The first-order chi connectivity index (χ1) is 29.1. The molecular formula is C45H73NO16. The molecule has 16 atom stereocenters. The van der Waals surface area contributed by atoms with Crippen LogP contribution in [-0.2, 0) is 66.6 Å². The van der Waals surface area contributed by atoms with Gasteiger partial charge in [0.1, 0.15) is 36.3 Å². The van der Waals surface area contributed by atoms with Crippen LogP contribution < -0.4 is 0 Å². The summed E-state index contributed by atoms with van der Waals surface area (Å²) in [5.41, 5.74) is -1.53. The smallest absolute Gasteiger partial charge is 0.309 e. The van der Waals surface area contributed by atoms with E-state index in [2.05, 4.69) is 0 Å². The maximum Gasteiger partial charge on any atom is 0.309 e. The van der Waals surface area contributed by atoms with Crippen LogP contribution in [-0.4, -0.2) is 152 Å². The van der Waals surface area contributed by atoms with E-state index in [1.807, 2.05) is 20.8 Å². The van der Waals surface area contributed by atoms with E-state index in [-0.39, 0.29) is 38.0 Å². The zero-order chi connectivity index (χ0) is 46.5. The number of aldehydes is 1. The zero-order valence-electron chi connectivity index (χ0n) is 38.6. The summed E-state index contributed by atoms with van der Waals surface area (Å²) in [6.07, 6.45) is -4.36. The van der Waals surface area contributed by atoms with Gasteiger partial charge in [0.25, 0.3) is 0 Å². The summed E-state index contributed by atoms with van der Waals surface area (Å²) in [6.45, 7) is 15.1. The van der Waals surface area contributed by atoms with Crippen LogP contribution in [0.2, 0.25) is 0 Å². The summed E-state index contributed by atoms with van der Waals surface area (Å²) in [7, 11) is 4.89. The van der Waals surface area contributed by atoms with Gasteiger partial charge in [-0.25, -0.2) is 0 Å². The number of ether oxygens (including phenoxy) is 9. The van der Waals surface area contributed by atoms with Crippen molar-refractivity contribution < 1.29 is 76.8 Å². The molecule has 17 nitrogen and oxygen atoms in total. The van der Waals surface area contributed by atoms with E-state index in [9.17, 15) is 34.2 Å². The lowest BCUT2D eigenvalue weighted by atomic mass is 9.82. The van der Waals surface area contributed by atoms with Gasteiger partial charge in [-0.1, -0.05) is 52.0 Å². The Morgan fingerprint density at radius 3 is 2.24 bits per heavy atom. The van der Waals surface area contributed by atoms with E-state index in [0.717, 1.165) is 0 Å². The van der Waals surface area contributed by atoms with Gasteiger partial charge in [-0.15, -0.1) is 0 Å². The van der Waals surface area contributed by atoms with Crippen molar-refractivity contribution in [3.05, 3.63) is 24.3 Å². The number of hydrogen-bond donors (Lipinski definition) is 2. The number of aliphatic hydroxyl groups is 2. The molecule has 0 amide bonds. The molecule has 62 heavy (non-hydrogen) atoms. The molecule has 3 aliphatic heterocycles. The average Bonchev–Trinajstić information content (AvgIpc) is 3.15. The van der Waals surface area contributed by atoms with Gasteiger partial charge in [0.2, 0.25) is 0 Å². The molecule has 3 rings (SSSR count). The lowest BCUT2D eigenvalue weighted by Gasteiger charge is -2.51. The molecule has 3 aliphatic rings. The molecule has 0 spiro atoms. The zero-order valence-corrected chi connectivity index (χ0v) is 38.6. The van der Waals surface area contributed by atoms with Gasteiger partial charge in [-0.05, 0) is 66.0 Å². The molecule has 0 aromatic carbocycles. The van der Waals surface area contributed by atoms with Crippen molar-refractivity contribution in [1.29, 1.82) is 0 Å². The predicted molar refractivity (Wildman–Crippen MR) is 224 cm³/mol. The maximum absolute atomic E-state index is 13.4. The lowest BCUT2D eigenvalue weighted by molar-refractivity contribution is -0.345. The highest BCUT2D eigenvalue weighted by molar-refractivity contribution is 5.72. The minimum absolute atomic E-state index is 0.00145. The number of esters is 4. The fraction of sp³-hybridized carbons (Fsp3) is 0.800. The van der Waals surface area contributed by atoms with Crippen molar-refractivity contribution in [3.63, 3.8) is 0 Å². The first-order valence-electron chi connectivity index (χ1n) is 21.9. The standard InChI is InChI=1S/C45H73NO16/c1-13-34(50)59-42-38(46(10)11)39(61-37-24-45(9,53)43(29(7)56-37)60-35(51)21-25(2)3)28(6)57-44(42)62-40-31(19-20-47)22-26(4)32(49)18-16-14-15-17-27(5)55-36(52)23-33(41(40)54-12)58-30(8)48/h14-16,18,20,25-29,31-33,37-44,49,53H,13,17,19,21-24H2,1-12H3/b15-14+,18-16-/t26-,27-,28-,29+,31?,32+,33?,37+,38+,39-,40+,41+,42-,43+,44+,45-/m1/s1. The Bertz CT molecular complexity index is 1520. The highest BCUT2D eigenvalue weighted by atomic mass is 16.7. The van der Waals surface area contributed by atoms with Crippen LogP contribution in [0.4, 0.5) is 0 Å². The number of methoxy groups -OCH3 is 1. The Morgan fingerprint density at radius 2 is 1.66 bits per heavy atom. The molecule has 3 heterocycles. The topological polar surface area (TPSA) is 212 Å². The first kappa shape index (κ1) is 53.1. The third kappa shape index (κ3) is 15.5. The van der Waals surface area contributed by atoms with Crippen LogP contribution in [0.15, 0.2) is 24.3 Å². The van der Waals surface area contributed by atoms with Crippen LogP contribution in [0.25, 0.3) is 0 Å². The highest BCUT2D eigenvalue weighted by Crippen LogP contribution is 2.38. The van der Waals surface area contributed by atoms with E-state index in [4.69, 9.17) is 42.6 Å². The fourth-order valence-corrected chi connectivity index (χ4v) is 8.41. The van der Waals surface area contributed by atoms with Crippen LogP contribution in [0.5, 0.6) is 0 Å².